The summed E-state index contributed by atoms with van der Waals surface area (Å²) >= 11 is 1.84. The van der Waals surface area contributed by atoms with Gasteiger partial charge in [-0.05, 0) is 31.9 Å². The topological polar surface area (TPSA) is 76.4 Å². The van der Waals surface area contributed by atoms with Gasteiger partial charge in [0.25, 0.3) is 0 Å². The zero-order valence-corrected chi connectivity index (χ0v) is 19.1. The van der Waals surface area contributed by atoms with E-state index in [1.807, 2.05) is 29.9 Å². The van der Waals surface area contributed by atoms with Crippen LogP contribution in [0.5, 0.6) is 0 Å². The number of ether oxygens (including phenoxy) is 1. The standard InChI is InChI=1S/C17H28N6OS.HI/c1-5-14-7-8-15(25-14)11-19-17(18-9-6-10-24-4)20-12-16-22-21-13(2)23(16)3;/h7-8H,5-6,9-12H2,1-4H3,(H2,18,19,20);1H. The van der Waals surface area contributed by atoms with Crippen LogP contribution in [0.25, 0.3) is 0 Å². The van der Waals surface area contributed by atoms with Crippen molar-refractivity contribution in [2.24, 2.45) is 12.0 Å². The molecule has 0 atom stereocenters. The number of thiophene rings is 1. The number of aryl methyl sites for hydroxylation is 2. The van der Waals surface area contributed by atoms with E-state index in [9.17, 15) is 0 Å². The fourth-order valence-corrected chi connectivity index (χ4v) is 3.11. The SMILES string of the molecule is CCc1ccc(CNC(=NCc2nnc(C)n2C)NCCCOC)s1.I. The molecule has 7 nitrogen and oxygen atoms in total. The van der Waals surface area contributed by atoms with Crippen LogP contribution < -0.4 is 10.6 Å². The van der Waals surface area contributed by atoms with E-state index in [-0.39, 0.29) is 24.0 Å². The first-order chi connectivity index (χ1) is 12.1. The van der Waals surface area contributed by atoms with Gasteiger partial charge >= 0.3 is 0 Å². The summed E-state index contributed by atoms with van der Waals surface area (Å²) in [7, 11) is 3.67. The molecule has 0 amide bonds. The van der Waals surface area contributed by atoms with E-state index in [1.165, 1.54) is 9.75 Å². The molecular formula is C17H29IN6OS. The maximum atomic E-state index is 5.10. The lowest BCUT2D eigenvalue weighted by molar-refractivity contribution is 0.195. The molecule has 0 aromatic carbocycles. The minimum atomic E-state index is 0. The van der Waals surface area contributed by atoms with Gasteiger partial charge in [-0.2, -0.15) is 0 Å². The molecule has 0 spiro atoms. The van der Waals surface area contributed by atoms with Gasteiger partial charge in [0, 0.05) is 37.1 Å². The number of hydrogen-bond donors (Lipinski definition) is 2. The second kappa shape index (κ2) is 12.2. The van der Waals surface area contributed by atoms with E-state index < -0.39 is 0 Å². The first-order valence-electron chi connectivity index (χ1n) is 8.57. The Morgan fingerprint density at radius 2 is 2.04 bits per heavy atom. The van der Waals surface area contributed by atoms with Crippen LogP contribution in [0.3, 0.4) is 0 Å². The lowest BCUT2D eigenvalue weighted by Gasteiger charge is -2.12. The third-order valence-corrected chi connectivity index (χ3v) is 5.10. The van der Waals surface area contributed by atoms with Gasteiger partial charge < -0.3 is 19.9 Å². The van der Waals surface area contributed by atoms with Crippen molar-refractivity contribution in [1.82, 2.24) is 25.4 Å². The lowest BCUT2D eigenvalue weighted by atomic mass is 10.3. The Labute approximate surface area is 176 Å². The van der Waals surface area contributed by atoms with E-state index in [2.05, 4.69) is 44.9 Å². The Hall–Kier alpha value is -1.20. The predicted octanol–water partition coefficient (Wildman–Crippen LogP) is 2.64. The molecule has 0 bridgehead atoms. The van der Waals surface area contributed by atoms with Gasteiger partial charge in [-0.15, -0.1) is 45.5 Å². The molecule has 0 aliphatic heterocycles. The fourth-order valence-electron chi connectivity index (χ4n) is 2.21. The van der Waals surface area contributed by atoms with Crippen molar-refractivity contribution in [1.29, 1.82) is 0 Å². The highest BCUT2D eigenvalue weighted by Crippen LogP contribution is 2.16. The van der Waals surface area contributed by atoms with Crippen LogP contribution in [0.1, 0.15) is 34.7 Å². The number of methoxy groups -OCH3 is 1. The average Bonchev–Trinajstić information content (AvgIpc) is 3.21. The highest BCUT2D eigenvalue weighted by Gasteiger charge is 2.06. The van der Waals surface area contributed by atoms with Crippen LogP contribution in [0.4, 0.5) is 0 Å². The van der Waals surface area contributed by atoms with Gasteiger partial charge in [0.1, 0.15) is 12.4 Å². The molecular weight excluding hydrogens is 463 g/mol. The van der Waals surface area contributed by atoms with Gasteiger partial charge in [0.05, 0.1) is 6.54 Å². The van der Waals surface area contributed by atoms with Crippen molar-refractivity contribution in [3.8, 4) is 0 Å². The first kappa shape index (κ1) is 22.8. The maximum Gasteiger partial charge on any atom is 0.192 e. The summed E-state index contributed by atoms with van der Waals surface area (Å²) in [6, 6.07) is 4.36. The molecule has 2 rings (SSSR count). The van der Waals surface area contributed by atoms with Crippen molar-refractivity contribution in [3.05, 3.63) is 33.5 Å². The minimum Gasteiger partial charge on any atom is -0.385 e. The zero-order chi connectivity index (χ0) is 18.1. The molecule has 9 heteroatoms. The molecule has 26 heavy (non-hydrogen) atoms. The number of nitrogens with zero attached hydrogens (tertiary/aromatic N) is 4. The molecule has 146 valence electrons. The molecule has 0 saturated carbocycles. The number of halogens is 1. The molecule has 0 aliphatic rings. The van der Waals surface area contributed by atoms with E-state index in [4.69, 9.17) is 4.74 Å². The molecule has 2 aromatic rings. The van der Waals surface area contributed by atoms with Gasteiger partial charge in [-0.3, -0.25) is 0 Å². The van der Waals surface area contributed by atoms with Crippen LogP contribution in [0.15, 0.2) is 17.1 Å². The highest BCUT2D eigenvalue weighted by atomic mass is 127. The Balaban J connectivity index is 0.00000338. The summed E-state index contributed by atoms with van der Waals surface area (Å²) in [5, 5.41) is 15.0. The summed E-state index contributed by atoms with van der Waals surface area (Å²) in [5.41, 5.74) is 0. The Kier molecular flexibility index (Phi) is 10.7. The number of rotatable bonds is 9. The van der Waals surface area contributed by atoms with Crippen LogP contribution in [-0.2, 0) is 31.3 Å². The maximum absolute atomic E-state index is 5.10. The summed E-state index contributed by atoms with van der Waals surface area (Å²) in [6.07, 6.45) is 2.01. The molecule has 0 fully saturated rings. The van der Waals surface area contributed by atoms with Crippen LogP contribution >= 0.6 is 35.3 Å². The second-order valence-corrected chi connectivity index (χ2v) is 6.99. The van der Waals surface area contributed by atoms with E-state index in [1.54, 1.807) is 7.11 Å². The Morgan fingerprint density at radius 1 is 1.27 bits per heavy atom. The van der Waals surface area contributed by atoms with E-state index >= 15 is 0 Å². The van der Waals surface area contributed by atoms with Crippen molar-refractivity contribution in [2.45, 2.75) is 39.8 Å². The van der Waals surface area contributed by atoms with Gasteiger partial charge in [-0.1, -0.05) is 6.92 Å². The van der Waals surface area contributed by atoms with E-state index in [0.29, 0.717) is 6.54 Å². The zero-order valence-electron chi connectivity index (χ0n) is 15.9. The summed E-state index contributed by atoms with van der Waals surface area (Å²) in [6.45, 7) is 6.90. The van der Waals surface area contributed by atoms with E-state index in [0.717, 1.165) is 50.1 Å². The molecule has 2 heterocycles. The van der Waals surface area contributed by atoms with Crippen LogP contribution in [0, 0.1) is 6.92 Å². The largest absolute Gasteiger partial charge is 0.385 e. The summed E-state index contributed by atoms with van der Waals surface area (Å²) < 4.78 is 7.05. The van der Waals surface area contributed by atoms with Crippen molar-refractivity contribution < 1.29 is 4.74 Å². The molecule has 0 aliphatic carbocycles. The predicted molar refractivity (Wildman–Crippen MR) is 117 cm³/mol. The minimum absolute atomic E-state index is 0. The lowest BCUT2D eigenvalue weighted by Crippen LogP contribution is -2.37. The summed E-state index contributed by atoms with van der Waals surface area (Å²) in [4.78, 5) is 7.35. The first-order valence-corrected chi connectivity index (χ1v) is 9.39. The third kappa shape index (κ3) is 7.20. The molecule has 2 N–H and O–H groups in total. The number of aromatic nitrogens is 3. The smallest absolute Gasteiger partial charge is 0.192 e. The summed E-state index contributed by atoms with van der Waals surface area (Å²) in [5.74, 6) is 2.52. The Morgan fingerprint density at radius 3 is 2.65 bits per heavy atom. The number of nitrogens with one attached hydrogen (secondary N) is 2. The number of guanidine groups is 1. The molecule has 2 aromatic heterocycles. The fraction of sp³-hybridized carbons (Fsp3) is 0.588. The second-order valence-electron chi connectivity index (χ2n) is 5.74. The molecule has 0 radical (unpaired) electrons. The molecule has 0 saturated heterocycles. The molecule has 0 unspecified atom stereocenters. The third-order valence-electron chi connectivity index (χ3n) is 3.87. The average molecular weight is 492 g/mol. The number of hydrogen-bond acceptors (Lipinski definition) is 5. The van der Waals surface area contributed by atoms with Crippen LogP contribution in [-0.4, -0.2) is 41.0 Å². The van der Waals surface area contributed by atoms with Crippen molar-refractivity contribution >= 4 is 41.3 Å². The monoisotopic (exact) mass is 492 g/mol. The normalized spacial score (nSPS) is 11.3. The quantitative estimate of drug-likeness (QED) is 0.244. The van der Waals surface area contributed by atoms with Gasteiger partial charge in [0.15, 0.2) is 11.8 Å². The Bertz CT molecular complexity index is 685. The van der Waals surface area contributed by atoms with Crippen molar-refractivity contribution in [2.75, 3.05) is 20.3 Å². The van der Waals surface area contributed by atoms with Crippen molar-refractivity contribution in [3.63, 3.8) is 0 Å². The highest BCUT2D eigenvalue weighted by molar-refractivity contribution is 14.0. The van der Waals surface area contributed by atoms with Gasteiger partial charge in [-0.25, -0.2) is 4.99 Å². The van der Waals surface area contributed by atoms with Gasteiger partial charge in [0.2, 0.25) is 0 Å². The van der Waals surface area contributed by atoms with Crippen LogP contribution in [0.2, 0.25) is 0 Å². The number of aliphatic imine (C=N–C) groups is 1.